The third kappa shape index (κ3) is 1.69. The zero-order valence-electron chi connectivity index (χ0n) is 9.46. The zero-order chi connectivity index (χ0) is 11.0. The summed E-state index contributed by atoms with van der Waals surface area (Å²) in [5.41, 5.74) is 3.31. The van der Waals surface area contributed by atoms with Crippen molar-refractivity contribution in [1.29, 1.82) is 0 Å². The molecule has 2 N–H and O–H groups in total. The molecule has 0 amide bonds. The number of fused-ring (bicyclic) bond motifs is 1. The summed E-state index contributed by atoms with van der Waals surface area (Å²) in [7, 11) is 0. The van der Waals surface area contributed by atoms with Crippen molar-refractivity contribution in [1.82, 2.24) is 4.98 Å². The second-order valence-electron chi connectivity index (χ2n) is 4.37. The number of pyridine rings is 1. The van der Waals surface area contributed by atoms with Crippen molar-refractivity contribution in [3.63, 3.8) is 0 Å². The summed E-state index contributed by atoms with van der Waals surface area (Å²) < 4.78 is 0. The van der Waals surface area contributed by atoms with Gasteiger partial charge in [0.2, 0.25) is 0 Å². The minimum atomic E-state index is 0.278. The van der Waals surface area contributed by atoms with Crippen LogP contribution in [0.5, 0.6) is 0 Å². The molecule has 0 radical (unpaired) electrons. The third-order valence-electron chi connectivity index (χ3n) is 2.78. The number of nitrogens with one attached hydrogen (secondary N) is 2. The lowest BCUT2D eigenvalue weighted by molar-refractivity contribution is 0.576. The van der Waals surface area contributed by atoms with E-state index in [1.54, 1.807) is 0 Å². The fraction of sp³-hybridized carbons (Fsp3) is 0.417. The Hall–Kier alpha value is -1.51. The van der Waals surface area contributed by atoms with Crippen LogP contribution in [0, 0.1) is 12.8 Å². The molecule has 0 spiro atoms. The van der Waals surface area contributed by atoms with E-state index in [9.17, 15) is 0 Å². The molecule has 0 aromatic carbocycles. The Labute approximate surface area is 90.6 Å². The van der Waals surface area contributed by atoms with E-state index in [2.05, 4.69) is 43.0 Å². The Morgan fingerprint density at radius 2 is 2.20 bits per heavy atom. The van der Waals surface area contributed by atoms with E-state index < -0.39 is 0 Å². The molecule has 1 unspecified atom stereocenters. The molecular weight excluding hydrogens is 186 g/mol. The topological polar surface area (TPSA) is 37.0 Å². The number of aromatic nitrogens is 1. The number of aryl methyl sites for hydroxylation is 1. The summed E-state index contributed by atoms with van der Waals surface area (Å²) in [6.45, 7) is 10.5. The quantitative estimate of drug-likeness (QED) is 0.737. The molecule has 0 fully saturated rings. The van der Waals surface area contributed by atoms with Gasteiger partial charge in [0.1, 0.15) is 0 Å². The van der Waals surface area contributed by atoms with Crippen molar-refractivity contribution in [3.05, 3.63) is 30.1 Å². The van der Waals surface area contributed by atoms with E-state index >= 15 is 0 Å². The first-order valence-electron chi connectivity index (χ1n) is 5.27. The first-order chi connectivity index (χ1) is 7.09. The monoisotopic (exact) mass is 203 g/mol. The lowest BCUT2D eigenvalue weighted by atomic mass is 9.98. The van der Waals surface area contributed by atoms with E-state index in [4.69, 9.17) is 0 Å². The number of nitrogens with zero attached hydrogens (tertiary/aromatic N) is 1. The van der Waals surface area contributed by atoms with Gasteiger partial charge >= 0.3 is 0 Å². The van der Waals surface area contributed by atoms with E-state index in [0.29, 0.717) is 5.92 Å². The smallest absolute Gasteiger partial charge is 0.153 e. The van der Waals surface area contributed by atoms with Crippen LogP contribution in [0.25, 0.3) is 0 Å². The predicted octanol–water partition coefficient (Wildman–Crippen LogP) is 2.77. The van der Waals surface area contributed by atoms with Crippen molar-refractivity contribution in [2.75, 3.05) is 10.6 Å². The van der Waals surface area contributed by atoms with E-state index in [1.165, 1.54) is 5.56 Å². The van der Waals surface area contributed by atoms with Crippen LogP contribution in [0.4, 0.5) is 11.5 Å². The first kappa shape index (κ1) is 10.0. The number of hydrogen-bond acceptors (Lipinski definition) is 3. The van der Waals surface area contributed by atoms with Crippen molar-refractivity contribution in [2.45, 2.75) is 26.8 Å². The molecule has 1 aliphatic heterocycles. The van der Waals surface area contributed by atoms with Crippen LogP contribution in [0.2, 0.25) is 0 Å². The molecule has 2 rings (SSSR count). The second-order valence-corrected chi connectivity index (χ2v) is 4.37. The van der Waals surface area contributed by atoms with Gasteiger partial charge in [-0.25, -0.2) is 4.98 Å². The molecule has 2 heterocycles. The summed E-state index contributed by atoms with van der Waals surface area (Å²) in [5.74, 6) is 1.40. The Kier molecular flexibility index (Phi) is 2.39. The minimum absolute atomic E-state index is 0.278. The average molecular weight is 203 g/mol. The molecule has 3 heteroatoms. The predicted molar refractivity (Wildman–Crippen MR) is 64.0 cm³/mol. The molecule has 3 nitrogen and oxygen atoms in total. The highest BCUT2D eigenvalue weighted by Gasteiger charge is 2.24. The van der Waals surface area contributed by atoms with Gasteiger partial charge in [-0.2, -0.15) is 0 Å². The summed E-state index contributed by atoms with van der Waals surface area (Å²) in [5, 5.41) is 6.75. The summed E-state index contributed by atoms with van der Waals surface area (Å²) >= 11 is 0. The molecule has 1 aromatic heterocycles. The molecule has 1 aliphatic rings. The Morgan fingerprint density at radius 1 is 1.47 bits per heavy atom. The number of rotatable bonds is 1. The molecule has 1 aromatic rings. The Balaban J connectivity index is 2.39. The van der Waals surface area contributed by atoms with Crippen LogP contribution in [0.15, 0.2) is 24.5 Å². The van der Waals surface area contributed by atoms with Gasteiger partial charge in [-0.05, 0) is 24.5 Å². The molecule has 1 atom stereocenters. The van der Waals surface area contributed by atoms with Gasteiger partial charge in [0.15, 0.2) is 5.82 Å². The van der Waals surface area contributed by atoms with Crippen LogP contribution in [-0.2, 0) is 0 Å². The van der Waals surface area contributed by atoms with Crippen LogP contribution in [0.3, 0.4) is 0 Å². The van der Waals surface area contributed by atoms with Crippen LogP contribution in [-0.4, -0.2) is 11.0 Å². The van der Waals surface area contributed by atoms with Gasteiger partial charge in [-0.1, -0.05) is 20.4 Å². The largest absolute Gasteiger partial charge is 0.373 e. The molecule has 0 saturated carbocycles. The SMILES string of the molecule is C=C1Nc2nccc(C)c2NC1C(C)C. The van der Waals surface area contributed by atoms with Gasteiger partial charge in [-0.15, -0.1) is 0 Å². The van der Waals surface area contributed by atoms with Gasteiger partial charge in [0.05, 0.1) is 11.7 Å². The molecule has 80 valence electrons. The normalized spacial score (nSPS) is 19.5. The maximum atomic E-state index is 4.29. The van der Waals surface area contributed by atoms with E-state index in [-0.39, 0.29) is 6.04 Å². The lowest BCUT2D eigenvalue weighted by Gasteiger charge is -2.32. The molecular formula is C12H17N3. The molecule has 0 saturated heterocycles. The molecule has 0 aliphatic carbocycles. The molecule has 0 bridgehead atoms. The minimum Gasteiger partial charge on any atom is -0.373 e. The van der Waals surface area contributed by atoms with Crippen LogP contribution < -0.4 is 10.6 Å². The fourth-order valence-electron chi connectivity index (χ4n) is 1.88. The molecule has 15 heavy (non-hydrogen) atoms. The second kappa shape index (κ2) is 3.57. The summed E-state index contributed by atoms with van der Waals surface area (Å²) in [6.07, 6.45) is 1.81. The number of anilines is 2. The van der Waals surface area contributed by atoms with Crippen molar-refractivity contribution in [3.8, 4) is 0 Å². The average Bonchev–Trinajstić information content (AvgIpc) is 2.16. The first-order valence-corrected chi connectivity index (χ1v) is 5.27. The summed E-state index contributed by atoms with van der Waals surface area (Å²) in [6, 6.07) is 2.29. The number of hydrogen-bond donors (Lipinski definition) is 2. The highest BCUT2D eigenvalue weighted by atomic mass is 15.1. The Morgan fingerprint density at radius 3 is 2.87 bits per heavy atom. The van der Waals surface area contributed by atoms with Crippen molar-refractivity contribution in [2.24, 2.45) is 5.92 Å². The highest BCUT2D eigenvalue weighted by Crippen LogP contribution is 2.32. The third-order valence-corrected chi connectivity index (χ3v) is 2.78. The van der Waals surface area contributed by atoms with E-state index in [0.717, 1.165) is 17.2 Å². The standard InChI is InChI=1S/C12H17N3/c1-7(2)10-9(4)14-12-11(15-10)8(3)5-6-13-12/h5-7,10,15H,4H2,1-3H3,(H,13,14). The fourth-order valence-corrected chi connectivity index (χ4v) is 1.88. The van der Waals surface area contributed by atoms with Crippen LogP contribution in [0.1, 0.15) is 19.4 Å². The van der Waals surface area contributed by atoms with Gasteiger partial charge in [0.25, 0.3) is 0 Å². The van der Waals surface area contributed by atoms with Crippen molar-refractivity contribution < 1.29 is 0 Å². The van der Waals surface area contributed by atoms with Gasteiger partial charge in [0, 0.05) is 11.9 Å². The Bertz CT molecular complexity index is 396. The highest BCUT2D eigenvalue weighted by molar-refractivity contribution is 5.74. The van der Waals surface area contributed by atoms with Gasteiger partial charge < -0.3 is 10.6 Å². The van der Waals surface area contributed by atoms with Crippen molar-refractivity contribution >= 4 is 11.5 Å². The summed E-state index contributed by atoms with van der Waals surface area (Å²) in [4.78, 5) is 4.29. The maximum Gasteiger partial charge on any atom is 0.153 e. The maximum absolute atomic E-state index is 4.29. The van der Waals surface area contributed by atoms with Gasteiger partial charge in [-0.3, -0.25) is 0 Å². The zero-order valence-corrected chi connectivity index (χ0v) is 9.46. The van der Waals surface area contributed by atoms with E-state index in [1.807, 2.05) is 12.3 Å². The lowest BCUT2D eigenvalue weighted by Crippen LogP contribution is -2.35. The van der Waals surface area contributed by atoms with Crippen LogP contribution >= 0.6 is 0 Å².